The molecule has 1 unspecified atom stereocenters. The number of piperidine rings is 1. The zero-order valence-corrected chi connectivity index (χ0v) is 13.4. The van der Waals surface area contributed by atoms with Gasteiger partial charge in [-0.1, -0.05) is 30.1 Å². The summed E-state index contributed by atoms with van der Waals surface area (Å²) in [4.78, 5) is 13.7. The largest absolute Gasteiger partial charge is 0.325 e. The zero-order chi connectivity index (χ0) is 14.7. The molecule has 1 aromatic carbocycles. The Hall–Kier alpha value is -0.770. The number of hydrogen-bond donors (Lipinski definition) is 2. The molecule has 1 heterocycles. The molecule has 2 N–H and O–H groups in total. The van der Waals surface area contributed by atoms with Crippen LogP contribution >= 0.6 is 23.2 Å². The van der Waals surface area contributed by atoms with Gasteiger partial charge in [0.1, 0.15) is 0 Å². The van der Waals surface area contributed by atoms with E-state index in [-0.39, 0.29) is 11.9 Å². The predicted molar refractivity (Wildman–Crippen MR) is 83.6 cm³/mol. The van der Waals surface area contributed by atoms with E-state index >= 15 is 0 Å². The van der Waals surface area contributed by atoms with Crippen molar-refractivity contribution in [2.75, 3.05) is 18.4 Å². The fourth-order valence-electron chi connectivity index (χ4n) is 2.74. The van der Waals surface area contributed by atoms with E-state index in [0.717, 1.165) is 13.1 Å². The highest BCUT2D eigenvalue weighted by Gasteiger charge is 2.29. The molecule has 1 saturated heterocycles. The number of nitrogens with one attached hydrogen (secondary N) is 2. The van der Waals surface area contributed by atoms with Crippen LogP contribution in [0.1, 0.15) is 26.7 Å². The van der Waals surface area contributed by atoms with Gasteiger partial charge >= 0.3 is 0 Å². The normalized spacial score (nSPS) is 24.2. The minimum Gasteiger partial charge on any atom is -0.325 e. The van der Waals surface area contributed by atoms with Crippen molar-refractivity contribution in [2.24, 2.45) is 5.92 Å². The van der Waals surface area contributed by atoms with Crippen molar-refractivity contribution >= 4 is 34.8 Å². The first-order valence-corrected chi connectivity index (χ1v) is 7.83. The summed E-state index contributed by atoms with van der Waals surface area (Å²) >= 11 is 11.9. The topological polar surface area (TPSA) is 33.5 Å². The van der Waals surface area contributed by atoms with Gasteiger partial charge in [-0.2, -0.15) is 0 Å². The molecular formula is C15H21Cl2N2O+. The minimum atomic E-state index is -0.0653. The van der Waals surface area contributed by atoms with Gasteiger partial charge in [0.15, 0.2) is 6.04 Å². The zero-order valence-electron chi connectivity index (χ0n) is 11.9. The number of likely N-dealkylation sites (tertiary alicyclic amines) is 1. The Balaban J connectivity index is 2.00. The molecule has 5 heteroatoms. The SMILES string of the molecule is C[C@@H]1CCC[NH+]([C@@H](C)C(=O)Nc2ccc(Cl)cc2Cl)C1. The fraction of sp³-hybridized carbons (Fsp3) is 0.533. The Morgan fingerprint density at radius 3 is 2.85 bits per heavy atom. The molecule has 0 spiro atoms. The first-order chi connectivity index (χ1) is 9.47. The van der Waals surface area contributed by atoms with Crippen molar-refractivity contribution in [3.05, 3.63) is 28.2 Å². The lowest BCUT2D eigenvalue weighted by molar-refractivity contribution is -0.922. The van der Waals surface area contributed by atoms with Crippen LogP contribution < -0.4 is 10.2 Å². The molecule has 0 aromatic heterocycles. The third kappa shape index (κ3) is 3.87. The number of hydrogen-bond acceptors (Lipinski definition) is 1. The fourth-order valence-corrected chi connectivity index (χ4v) is 3.20. The summed E-state index contributed by atoms with van der Waals surface area (Å²) in [5.74, 6) is 0.700. The molecule has 1 aliphatic rings. The van der Waals surface area contributed by atoms with E-state index in [0.29, 0.717) is 21.7 Å². The van der Waals surface area contributed by atoms with Crippen molar-refractivity contribution in [1.29, 1.82) is 0 Å². The van der Waals surface area contributed by atoms with Crippen molar-refractivity contribution in [3.8, 4) is 0 Å². The van der Waals surface area contributed by atoms with E-state index in [1.807, 2.05) is 6.92 Å². The molecule has 0 bridgehead atoms. The van der Waals surface area contributed by atoms with Crippen molar-refractivity contribution in [2.45, 2.75) is 32.7 Å². The summed E-state index contributed by atoms with van der Waals surface area (Å²) in [7, 11) is 0. The van der Waals surface area contributed by atoms with Gasteiger partial charge in [0.05, 0.1) is 23.8 Å². The lowest BCUT2D eigenvalue weighted by atomic mass is 9.99. The van der Waals surface area contributed by atoms with Crippen LogP contribution in [0, 0.1) is 5.92 Å². The lowest BCUT2D eigenvalue weighted by Crippen LogP contribution is -3.17. The molecule has 2 rings (SSSR count). The molecule has 3 nitrogen and oxygen atoms in total. The Bertz CT molecular complexity index is 493. The number of benzene rings is 1. The van der Waals surface area contributed by atoms with Crippen LogP contribution in [0.2, 0.25) is 10.0 Å². The lowest BCUT2D eigenvalue weighted by Gasteiger charge is -2.31. The summed E-state index contributed by atoms with van der Waals surface area (Å²) in [6.45, 7) is 6.35. The molecule has 0 radical (unpaired) electrons. The highest BCUT2D eigenvalue weighted by molar-refractivity contribution is 6.36. The van der Waals surface area contributed by atoms with Crippen LogP contribution in [0.3, 0.4) is 0 Å². The number of amides is 1. The van der Waals surface area contributed by atoms with Crippen LogP contribution in [0.5, 0.6) is 0 Å². The smallest absolute Gasteiger partial charge is 0.282 e. The number of rotatable bonds is 3. The second kappa shape index (κ2) is 6.79. The van der Waals surface area contributed by atoms with Gasteiger partial charge in [-0.3, -0.25) is 4.79 Å². The van der Waals surface area contributed by atoms with Crippen molar-refractivity contribution in [3.63, 3.8) is 0 Å². The van der Waals surface area contributed by atoms with E-state index < -0.39 is 0 Å². The van der Waals surface area contributed by atoms with Crippen LogP contribution in [0.25, 0.3) is 0 Å². The standard InChI is InChI=1S/C15H20Cl2N2O/c1-10-4-3-7-19(9-10)11(2)15(20)18-14-6-5-12(16)8-13(14)17/h5-6,8,10-11H,3-4,7,9H2,1-2H3,(H,18,20)/p+1/t10-,11+/m1/s1. The molecule has 20 heavy (non-hydrogen) atoms. The van der Waals surface area contributed by atoms with E-state index in [2.05, 4.69) is 12.2 Å². The highest BCUT2D eigenvalue weighted by atomic mass is 35.5. The van der Waals surface area contributed by atoms with Crippen LogP contribution in [0.4, 0.5) is 5.69 Å². The van der Waals surface area contributed by atoms with Gasteiger partial charge in [-0.15, -0.1) is 0 Å². The summed E-state index contributed by atoms with van der Waals surface area (Å²) in [6, 6.07) is 5.04. The Morgan fingerprint density at radius 1 is 1.45 bits per heavy atom. The monoisotopic (exact) mass is 315 g/mol. The summed E-state index contributed by atoms with van der Waals surface area (Å²) in [5, 5.41) is 3.94. The maximum absolute atomic E-state index is 12.3. The van der Waals surface area contributed by atoms with Gasteiger partial charge in [0.2, 0.25) is 0 Å². The first-order valence-electron chi connectivity index (χ1n) is 7.08. The molecule has 0 aliphatic carbocycles. The predicted octanol–water partition coefficient (Wildman–Crippen LogP) is 2.64. The highest BCUT2D eigenvalue weighted by Crippen LogP contribution is 2.25. The van der Waals surface area contributed by atoms with Crippen LogP contribution in [0.15, 0.2) is 18.2 Å². The summed E-state index contributed by atoms with van der Waals surface area (Å²) in [6.07, 6.45) is 2.46. The van der Waals surface area contributed by atoms with Crippen LogP contribution in [-0.2, 0) is 4.79 Å². The minimum absolute atomic E-state index is 0.0123. The molecule has 3 atom stereocenters. The molecule has 0 saturated carbocycles. The number of carbonyl (C=O) groups excluding carboxylic acids is 1. The van der Waals surface area contributed by atoms with Crippen molar-refractivity contribution < 1.29 is 9.69 Å². The Morgan fingerprint density at radius 2 is 2.20 bits per heavy atom. The molecule has 1 aromatic rings. The summed E-state index contributed by atoms with van der Waals surface area (Å²) in [5.41, 5.74) is 0.623. The second-order valence-corrected chi connectivity index (χ2v) is 6.54. The maximum Gasteiger partial charge on any atom is 0.282 e. The summed E-state index contributed by atoms with van der Waals surface area (Å²) < 4.78 is 0. The van der Waals surface area contributed by atoms with Gasteiger partial charge in [-0.05, 0) is 38.0 Å². The number of anilines is 1. The average molecular weight is 316 g/mol. The third-order valence-corrected chi connectivity index (χ3v) is 4.55. The van der Waals surface area contributed by atoms with E-state index in [1.165, 1.54) is 17.7 Å². The first kappa shape index (κ1) is 15.6. The maximum atomic E-state index is 12.3. The number of halogens is 2. The number of carbonyl (C=O) groups is 1. The van der Waals surface area contributed by atoms with Gasteiger partial charge in [0.25, 0.3) is 5.91 Å². The molecule has 1 fully saturated rings. The quantitative estimate of drug-likeness (QED) is 0.883. The van der Waals surface area contributed by atoms with E-state index in [4.69, 9.17) is 23.2 Å². The molecule has 110 valence electrons. The Kier molecular flexibility index (Phi) is 5.30. The number of quaternary nitrogens is 1. The van der Waals surface area contributed by atoms with E-state index in [1.54, 1.807) is 18.2 Å². The van der Waals surface area contributed by atoms with Gasteiger partial charge in [-0.25, -0.2) is 0 Å². The van der Waals surface area contributed by atoms with Gasteiger partial charge in [0, 0.05) is 10.9 Å². The van der Waals surface area contributed by atoms with Crippen LogP contribution in [-0.4, -0.2) is 25.0 Å². The third-order valence-electron chi connectivity index (χ3n) is 4.00. The van der Waals surface area contributed by atoms with Gasteiger partial charge < -0.3 is 10.2 Å². The average Bonchev–Trinajstić information content (AvgIpc) is 2.41. The second-order valence-electron chi connectivity index (χ2n) is 5.69. The molecular weight excluding hydrogens is 295 g/mol. The molecule has 1 aliphatic heterocycles. The Labute approximate surface area is 130 Å². The molecule has 1 amide bonds. The van der Waals surface area contributed by atoms with E-state index in [9.17, 15) is 4.79 Å². The van der Waals surface area contributed by atoms with Crippen molar-refractivity contribution in [1.82, 2.24) is 0 Å².